The van der Waals surface area contributed by atoms with Gasteiger partial charge in [0.25, 0.3) is 0 Å². The highest BCUT2D eigenvalue weighted by Crippen LogP contribution is 2.13. The topological polar surface area (TPSA) is 67.8 Å². The summed E-state index contributed by atoms with van der Waals surface area (Å²) in [6.07, 6.45) is 0.363. The molecule has 0 spiro atoms. The molecule has 19 heavy (non-hydrogen) atoms. The molecule has 1 rings (SSSR count). The van der Waals surface area contributed by atoms with Crippen LogP contribution in [0.15, 0.2) is 24.3 Å². The monoisotopic (exact) mass is 267 g/mol. The molecule has 0 fully saturated rings. The second-order valence-electron chi connectivity index (χ2n) is 4.26. The second-order valence-corrected chi connectivity index (χ2v) is 4.26. The summed E-state index contributed by atoms with van der Waals surface area (Å²) in [5, 5.41) is 12.1. The van der Waals surface area contributed by atoms with Crippen LogP contribution >= 0.6 is 0 Å². The number of aliphatic hydroxyl groups excluding tert-OH is 1. The third kappa shape index (κ3) is 6.22. The molecule has 0 saturated heterocycles. The highest BCUT2D eigenvalue weighted by Gasteiger charge is 2.07. The number of carbonyl (C=O) groups excluding carboxylic acids is 1. The van der Waals surface area contributed by atoms with Crippen molar-refractivity contribution in [2.75, 3.05) is 27.4 Å². The summed E-state index contributed by atoms with van der Waals surface area (Å²) in [7, 11) is 3.12. The third-order valence-corrected chi connectivity index (χ3v) is 2.67. The van der Waals surface area contributed by atoms with Gasteiger partial charge in [-0.1, -0.05) is 12.1 Å². The smallest absolute Gasteiger partial charge is 0.220 e. The van der Waals surface area contributed by atoms with Crippen molar-refractivity contribution in [2.45, 2.75) is 18.9 Å². The van der Waals surface area contributed by atoms with Gasteiger partial charge in [-0.15, -0.1) is 0 Å². The number of hydrogen-bond acceptors (Lipinski definition) is 4. The van der Waals surface area contributed by atoms with Crippen LogP contribution in [-0.2, 0) is 16.0 Å². The van der Waals surface area contributed by atoms with E-state index in [-0.39, 0.29) is 19.1 Å². The normalized spacial score (nSPS) is 11.9. The molecule has 0 heterocycles. The van der Waals surface area contributed by atoms with Crippen molar-refractivity contribution >= 4 is 5.91 Å². The number of methoxy groups -OCH3 is 2. The molecule has 5 heteroatoms. The van der Waals surface area contributed by atoms with Crippen molar-refractivity contribution in [3.05, 3.63) is 29.8 Å². The first-order chi connectivity index (χ1) is 9.15. The number of rotatable bonds is 8. The summed E-state index contributed by atoms with van der Waals surface area (Å²) in [5.74, 6) is 0.700. The molecule has 2 N–H and O–H groups in total. The number of aryl methyl sites for hydroxylation is 1. The van der Waals surface area contributed by atoms with E-state index in [4.69, 9.17) is 9.47 Å². The van der Waals surface area contributed by atoms with Crippen LogP contribution in [0.5, 0.6) is 5.75 Å². The zero-order valence-electron chi connectivity index (χ0n) is 11.4. The van der Waals surface area contributed by atoms with Crippen molar-refractivity contribution in [2.24, 2.45) is 0 Å². The largest absolute Gasteiger partial charge is 0.497 e. The van der Waals surface area contributed by atoms with Crippen molar-refractivity contribution < 1.29 is 19.4 Å². The number of hydrogen-bond donors (Lipinski definition) is 2. The van der Waals surface area contributed by atoms with E-state index in [1.54, 1.807) is 7.11 Å². The van der Waals surface area contributed by atoms with Gasteiger partial charge in [0.05, 0.1) is 19.8 Å². The van der Waals surface area contributed by atoms with Gasteiger partial charge >= 0.3 is 0 Å². The fourth-order valence-corrected chi connectivity index (χ4v) is 1.66. The van der Waals surface area contributed by atoms with E-state index in [9.17, 15) is 9.90 Å². The number of amides is 1. The highest BCUT2D eigenvalue weighted by atomic mass is 16.5. The fraction of sp³-hybridized carbons (Fsp3) is 0.500. The van der Waals surface area contributed by atoms with Gasteiger partial charge in [-0.3, -0.25) is 4.79 Å². The van der Waals surface area contributed by atoms with E-state index in [2.05, 4.69) is 5.32 Å². The minimum Gasteiger partial charge on any atom is -0.497 e. The zero-order chi connectivity index (χ0) is 14.1. The summed E-state index contributed by atoms with van der Waals surface area (Å²) in [5.41, 5.74) is 1.05. The first kappa shape index (κ1) is 15.5. The van der Waals surface area contributed by atoms with Gasteiger partial charge in [-0.2, -0.15) is 0 Å². The van der Waals surface area contributed by atoms with E-state index in [1.165, 1.54) is 7.11 Å². The molecule has 0 unspecified atom stereocenters. The minimum atomic E-state index is -0.661. The van der Waals surface area contributed by atoms with Gasteiger partial charge in [-0.05, 0) is 24.1 Å². The Labute approximate surface area is 113 Å². The van der Waals surface area contributed by atoms with E-state index in [0.717, 1.165) is 11.3 Å². The van der Waals surface area contributed by atoms with Gasteiger partial charge in [0.2, 0.25) is 5.91 Å². The zero-order valence-corrected chi connectivity index (χ0v) is 11.4. The van der Waals surface area contributed by atoms with Crippen LogP contribution in [0.2, 0.25) is 0 Å². The standard InChI is InChI=1S/C14H21NO4/c1-18-10-12(16)9-15-14(17)7-6-11-4-3-5-13(8-11)19-2/h3-5,8,12,16H,6-7,9-10H2,1-2H3,(H,15,17)/t12-/m1/s1. The van der Waals surface area contributed by atoms with E-state index >= 15 is 0 Å². The molecule has 0 aliphatic heterocycles. The van der Waals surface area contributed by atoms with Crippen molar-refractivity contribution in [1.82, 2.24) is 5.32 Å². The van der Waals surface area contributed by atoms with Gasteiger partial charge in [0.15, 0.2) is 0 Å². The number of nitrogens with one attached hydrogen (secondary N) is 1. The lowest BCUT2D eigenvalue weighted by molar-refractivity contribution is -0.121. The Balaban J connectivity index is 2.29. The molecule has 1 amide bonds. The summed E-state index contributed by atoms with van der Waals surface area (Å²) >= 11 is 0. The van der Waals surface area contributed by atoms with Gasteiger partial charge < -0.3 is 19.9 Å². The Morgan fingerprint density at radius 2 is 2.21 bits per heavy atom. The number of benzene rings is 1. The fourth-order valence-electron chi connectivity index (χ4n) is 1.66. The first-order valence-electron chi connectivity index (χ1n) is 6.22. The molecular weight excluding hydrogens is 246 g/mol. The lowest BCUT2D eigenvalue weighted by Gasteiger charge is -2.10. The molecule has 5 nitrogen and oxygen atoms in total. The predicted octanol–water partition coefficient (Wildman–Crippen LogP) is 0.751. The highest BCUT2D eigenvalue weighted by molar-refractivity contribution is 5.76. The maximum Gasteiger partial charge on any atom is 0.220 e. The maximum absolute atomic E-state index is 11.6. The van der Waals surface area contributed by atoms with Crippen LogP contribution in [0.4, 0.5) is 0 Å². The molecular formula is C14H21NO4. The van der Waals surface area contributed by atoms with E-state index < -0.39 is 6.10 Å². The molecule has 1 atom stereocenters. The molecule has 106 valence electrons. The Bertz CT molecular complexity index is 395. The lowest BCUT2D eigenvalue weighted by atomic mass is 10.1. The van der Waals surface area contributed by atoms with Crippen LogP contribution in [0.25, 0.3) is 0 Å². The molecule has 1 aromatic rings. The summed E-state index contributed by atoms with van der Waals surface area (Å²) < 4.78 is 9.90. The molecule has 0 radical (unpaired) electrons. The molecule has 0 aliphatic rings. The van der Waals surface area contributed by atoms with Crippen LogP contribution in [-0.4, -0.2) is 44.5 Å². The van der Waals surface area contributed by atoms with Crippen molar-refractivity contribution in [1.29, 1.82) is 0 Å². The van der Waals surface area contributed by atoms with Gasteiger partial charge in [0.1, 0.15) is 5.75 Å². The lowest BCUT2D eigenvalue weighted by Crippen LogP contribution is -2.34. The average molecular weight is 267 g/mol. The van der Waals surface area contributed by atoms with Crippen LogP contribution < -0.4 is 10.1 Å². The summed E-state index contributed by atoms with van der Waals surface area (Å²) in [6.45, 7) is 0.431. The second kappa shape index (κ2) is 8.50. The Morgan fingerprint density at radius 3 is 2.89 bits per heavy atom. The van der Waals surface area contributed by atoms with Gasteiger partial charge in [0, 0.05) is 20.1 Å². The minimum absolute atomic E-state index is 0.0852. The van der Waals surface area contributed by atoms with Crippen LogP contribution in [0.1, 0.15) is 12.0 Å². The first-order valence-corrected chi connectivity index (χ1v) is 6.22. The van der Waals surface area contributed by atoms with E-state index in [1.807, 2.05) is 24.3 Å². The van der Waals surface area contributed by atoms with Crippen molar-refractivity contribution in [3.8, 4) is 5.75 Å². The van der Waals surface area contributed by atoms with Crippen LogP contribution in [0, 0.1) is 0 Å². The summed E-state index contributed by atoms with van der Waals surface area (Å²) in [4.78, 5) is 11.6. The number of aliphatic hydroxyl groups is 1. The number of carbonyl (C=O) groups is 1. The average Bonchev–Trinajstić information content (AvgIpc) is 2.43. The molecule has 1 aromatic carbocycles. The Hall–Kier alpha value is -1.59. The molecule has 0 aromatic heterocycles. The predicted molar refractivity (Wildman–Crippen MR) is 72.2 cm³/mol. The van der Waals surface area contributed by atoms with Crippen LogP contribution in [0.3, 0.4) is 0 Å². The quantitative estimate of drug-likeness (QED) is 0.729. The Kier molecular flexibility index (Phi) is 6.92. The molecule has 0 aliphatic carbocycles. The third-order valence-electron chi connectivity index (χ3n) is 2.67. The SMILES string of the molecule is COC[C@H](O)CNC(=O)CCc1cccc(OC)c1. The van der Waals surface area contributed by atoms with Crippen molar-refractivity contribution in [3.63, 3.8) is 0 Å². The van der Waals surface area contributed by atoms with E-state index in [0.29, 0.717) is 12.8 Å². The summed E-state index contributed by atoms with van der Waals surface area (Å²) in [6, 6.07) is 7.63. The number of ether oxygens (including phenoxy) is 2. The molecule has 0 bridgehead atoms. The van der Waals surface area contributed by atoms with Gasteiger partial charge in [-0.25, -0.2) is 0 Å². The maximum atomic E-state index is 11.6. The molecule has 0 saturated carbocycles. The Morgan fingerprint density at radius 1 is 1.42 bits per heavy atom.